The van der Waals surface area contributed by atoms with Gasteiger partial charge >= 0.3 is 5.97 Å². The molecule has 1 saturated heterocycles. The number of halogens is 2. The highest BCUT2D eigenvalue weighted by Crippen LogP contribution is 2.27. The molecule has 0 amide bonds. The zero-order valence-electron chi connectivity index (χ0n) is 16.9. The first-order valence-electron chi connectivity index (χ1n) is 9.90. The Labute approximate surface area is 183 Å². The van der Waals surface area contributed by atoms with Gasteiger partial charge in [0, 0.05) is 30.2 Å². The number of carbonyl (C=O) groups is 1. The lowest BCUT2D eigenvalue weighted by Crippen LogP contribution is -2.41. The summed E-state index contributed by atoms with van der Waals surface area (Å²) in [5.41, 5.74) is 1.31. The molecule has 0 radical (unpaired) electrons. The van der Waals surface area contributed by atoms with Gasteiger partial charge in [0.15, 0.2) is 0 Å². The van der Waals surface area contributed by atoms with E-state index >= 15 is 0 Å². The molecule has 2 N–H and O–H groups in total. The number of esters is 1. The van der Waals surface area contributed by atoms with Crippen LogP contribution in [0.25, 0.3) is 10.9 Å². The van der Waals surface area contributed by atoms with Crippen molar-refractivity contribution < 1.29 is 13.9 Å². The van der Waals surface area contributed by atoms with Gasteiger partial charge in [-0.1, -0.05) is 11.6 Å². The summed E-state index contributed by atoms with van der Waals surface area (Å²) in [4.78, 5) is 26.6. The lowest BCUT2D eigenvalue weighted by molar-refractivity contribution is -0.142. The van der Waals surface area contributed by atoms with E-state index < -0.39 is 5.82 Å². The van der Waals surface area contributed by atoms with Crippen LogP contribution in [0, 0.1) is 5.82 Å². The fraction of sp³-hybridized carbons (Fsp3) is 0.333. The Morgan fingerprint density at radius 1 is 1.26 bits per heavy atom. The third kappa shape index (κ3) is 5.18. The van der Waals surface area contributed by atoms with Gasteiger partial charge in [-0.25, -0.2) is 19.3 Å². The molecule has 8 nitrogen and oxygen atoms in total. The molecule has 1 aliphatic rings. The van der Waals surface area contributed by atoms with E-state index in [9.17, 15) is 9.18 Å². The smallest absolute Gasteiger partial charge is 0.319 e. The lowest BCUT2D eigenvalue weighted by Gasteiger charge is -2.31. The molecule has 4 rings (SSSR count). The lowest BCUT2D eigenvalue weighted by atomic mass is 10.1. The summed E-state index contributed by atoms with van der Waals surface area (Å²) in [6.45, 7) is 1.93. The summed E-state index contributed by atoms with van der Waals surface area (Å²) in [6.07, 6.45) is 4.92. The molecule has 0 unspecified atom stereocenters. The Morgan fingerprint density at radius 2 is 2.06 bits per heavy atom. The van der Waals surface area contributed by atoms with E-state index in [0.29, 0.717) is 29.4 Å². The van der Waals surface area contributed by atoms with Crippen LogP contribution in [-0.4, -0.2) is 58.6 Å². The first-order chi connectivity index (χ1) is 15.0. The van der Waals surface area contributed by atoms with E-state index in [4.69, 9.17) is 16.3 Å². The van der Waals surface area contributed by atoms with Crippen LogP contribution in [0.5, 0.6) is 0 Å². The molecule has 31 heavy (non-hydrogen) atoms. The number of carbonyl (C=O) groups excluding carboxylic acids is 1. The van der Waals surface area contributed by atoms with Crippen LogP contribution in [0.4, 0.5) is 21.7 Å². The number of hydrogen-bond donors (Lipinski definition) is 2. The number of piperidine rings is 1. The second-order valence-electron chi connectivity index (χ2n) is 7.33. The fourth-order valence-electron chi connectivity index (χ4n) is 3.54. The number of ether oxygens (including phenoxy) is 1. The minimum absolute atomic E-state index is 0.0333. The van der Waals surface area contributed by atoms with Gasteiger partial charge in [0.05, 0.1) is 30.4 Å². The van der Waals surface area contributed by atoms with Crippen molar-refractivity contribution in [2.75, 3.05) is 37.4 Å². The quantitative estimate of drug-likeness (QED) is 0.557. The van der Waals surface area contributed by atoms with E-state index in [0.717, 1.165) is 31.3 Å². The molecule has 1 fully saturated rings. The second-order valence-corrected chi connectivity index (χ2v) is 7.74. The van der Waals surface area contributed by atoms with Crippen LogP contribution in [0.15, 0.2) is 36.8 Å². The topological polar surface area (TPSA) is 92.3 Å². The molecule has 3 heterocycles. The van der Waals surface area contributed by atoms with Crippen molar-refractivity contribution >= 4 is 45.8 Å². The van der Waals surface area contributed by atoms with Crippen LogP contribution in [0.1, 0.15) is 12.8 Å². The van der Waals surface area contributed by atoms with E-state index in [1.165, 1.54) is 25.6 Å². The SMILES string of the molecule is COC(=O)CN1CCC(Nc2cc3c(Nc4ccc(F)c(Cl)c4)ncnc3cn2)CC1. The maximum absolute atomic E-state index is 13.4. The van der Waals surface area contributed by atoms with Gasteiger partial charge in [-0.05, 0) is 37.1 Å². The Morgan fingerprint density at radius 3 is 2.81 bits per heavy atom. The zero-order chi connectivity index (χ0) is 21.8. The minimum atomic E-state index is -0.479. The first kappa shape index (κ1) is 21.2. The molecule has 3 aromatic rings. The minimum Gasteiger partial charge on any atom is -0.468 e. The molecular weight excluding hydrogens is 423 g/mol. The monoisotopic (exact) mass is 444 g/mol. The van der Waals surface area contributed by atoms with Gasteiger partial charge in [-0.2, -0.15) is 0 Å². The van der Waals surface area contributed by atoms with E-state index in [1.54, 1.807) is 12.3 Å². The van der Waals surface area contributed by atoms with Gasteiger partial charge < -0.3 is 15.4 Å². The number of benzene rings is 1. The van der Waals surface area contributed by atoms with E-state index in [2.05, 4.69) is 30.5 Å². The Hall–Kier alpha value is -3.04. The van der Waals surface area contributed by atoms with E-state index in [-0.39, 0.29) is 17.0 Å². The van der Waals surface area contributed by atoms with Crippen LogP contribution in [0.3, 0.4) is 0 Å². The van der Waals surface area contributed by atoms with Gasteiger partial charge in [-0.3, -0.25) is 9.69 Å². The molecule has 0 saturated carbocycles. The van der Waals surface area contributed by atoms with E-state index in [1.807, 2.05) is 6.07 Å². The van der Waals surface area contributed by atoms with Gasteiger partial charge in [-0.15, -0.1) is 0 Å². The van der Waals surface area contributed by atoms with Crippen molar-refractivity contribution in [3.8, 4) is 0 Å². The van der Waals surface area contributed by atoms with Gasteiger partial charge in [0.25, 0.3) is 0 Å². The molecule has 1 aliphatic heterocycles. The zero-order valence-corrected chi connectivity index (χ0v) is 17.7. The summed E-state index contributed by atoms with van der Waals surface area (Å²) in [6, 6.07) is 6.54. The van der Waals surface area contributed by atoms with Crippen molar-refractivity contribution in [3.05, 3.63) is 47.6 Å². The maximum atomic E-state index is 13.4. The summed E-state index contributed by atoms with van der Waals surface area (Å²) < 4.78 is 18.2. The van der Waals surface area contributed by atoms with Crippen LogP contribution >= 0.6 is 11.6 Å². The first-order valence-corrected chi connectivity index (χ1v) is 10.3. The molecule has 0 spiro atoms. The molecule has 0 aliphatic carbocycles. The highest BCUT2D eigenvalue weighted by molar-refractivity contribution is 6.31. The summed E-state index contributed by atoms with van der Waals surface area (Å²) in [5, 5.41) is 7.44. The number of pyridine rings is 1. The fourth-order valence-corrected chi connectivity index (χ4v) is 3.72. The molecule has 10 heteroatoms. The number of hydrogen-bond acceptors (Lipinski definition) is 8. The van der Waals surface area contributed by atoms with Crippen molar-refractivity contribution in [2.45, 2.75) is 18.9 Å². The van der Waals surface area contributed by atoms with Crippen molar-refractivity contribution in [1.29, 1.82) is 0 Å². The number of nitrogens with one attached hydrogen (secondary N) is 2. The van der Waals surface area contributed by atoms with Crippen LogP contribution in [0.2, 0.25) is 5.02 Å². The third-order valence-corrected chi connectivity index (χ3v) is 5.51. The summed E-state index contributed by atoms with van der Waals surface area (Å²) >= 11 is 5.88. The number of aromatic nitrogens is 3. The number of nitrogens with zero attached hydrogens (tertiary/aromatic N) is 4. The van der Waals surface area contributed by atoms with Crippen molar-refractivity contribution in [3.63, 3.8) is 0 Å². The second kappa shape index (κ2) is 9.40. The largest absolute Gasteiger partial charge is 0.468 e. The van der Waals surface area contributed by atoms with Crippen molar-refractivity contribution in [2.24, 2.45) is 0 Å². The van der Waals surface area contributed by atoms with Gasteiger partial charge in [0.1, 0.15) is 23.8 Å². The molecular formula is C21H22ClFN6O2. The Kier molecular flexibility index (Phi) is 6.43. The number of rotatable bonds is 6. The standard InChI is InChI=1S/C21H22ClFN6O2/c1-31-20(30)11-29-6-4-13(5-7-29)27-19-9-15-18(10-24-19)25-12-26-21(15)28-14-2-3-17(23)16(22)8-14/h2-3,8-10,12-13H,4-7,11H2,1H3,(H,24,27)(H,25,26,28). The number of likely N-dealkylation sites (tertiary alicyclic amines) is 1. The molecule has 2 aromatic heterocycles. The van der Waals surface area contributed by atoms with Crippen molar-refractivity contribution in [1.82, 2.24) is 19.9 Å². The number of anilines is 3. The highest BCUT2D eigenvalue weighted by atomic mass is 35.5. The molecule has 0 atom stereocenters. The number of fused-ring (bicyclic) bond motifs is 1. The summed E-state index contributed by atoms with van der Waals surface area (Å²) in [7, 11) is 1.40. The molecule has 162 valence electrons. The summed E-state index contributed by atoms with van der Waals surface area (Å²) in [5.74, 6) is 0.595. The number of methoxy groups -OCH3 is 1. The highest BCUT2D eigenvalue weighted by Gasteiger charge is 2.21. The average molecular weight is 445 g/mol. The molecule has 0 bridgehead atoms. The molecule has 1 aromatic carbocycles. The third-order valence-electron chi connectivity index (χ3n) is 5.22. The van der Waals surface area contributed by atoms with Gasteiger partial charge in [0.2, 0.25) is 0 Å². The predicted molar refractivity (Wildman–Crippen MR) is 117 cm³/mol. The normalized spacial score (nSPS) is 15.1. The van der Waals surface area contributed by atoms with Crippen LogP contribution in [-0.2, 0) is 9.53 Å². The van der Waals surface area contributed by atoms with Crippen LogP contribution < -0.4 is 10.6 Å². The predicted octanol–water partition coefficient (Wildman–Crippen LogP) is 3.61. The average Bonchev–Trinajstić information content (AvgIpc) is 2.78. The maximum Gasteiger partial charge on any atom is 0.319 e. The Balaban J connectivity index is 1.47. The Bertz CT molecular complexity index is 1090.